The molecule has 0 aliphatic carbocycles. The third-order valence-electron chi connectivity index (χ3n) is 2.79. The second-order valence-corrected chi connectivity index (χ2v) is 7.75. The van der Waals surface area contributed by atoms with Gasteiger partial charge < -0.3 is 5.32 Å². The smallest absolute Gasteiger partial charge is 0.0761 e. The van der Waals surface area contributed by atoms with Crippen LogP contribution in [0.15, 0.2) is 32.1 Å². The number of pyridine rings is 1. The first kappa shape index (κ1) is 14.2. The van der Waals surface area contributed by atoms with Crippen LogP contribution in [-0.4, -0.2) is 11.5 Å². The third-order valence-corrected chi connectivity index (χ3v) is 5.18. The molecule has 96 valence electrons. The zero-order valence-electron chi connectivity index (χ0n) is 10.2. The summed E-state index contributed by atoms with van der Waals surface area (Å²) >= 11 is 8.87. The van der Waals surface area contributed by atoms with Crippen LogP contribution < -0.4 is 5.32 Å². The lowest BCUT2D eigenvalue weighted by atomic mass is 9.99. The highest BCUT2D eigenvalue weighted by Crippen LogP contribution is 2.38. The first-order valence-corrected chi connectivity index (χ1v) is 8.12. The highest BCUT2D eigenvalue weighted by molar-refractivity contribution is 9.12. The number of aromatic nitrogens is 1. The Hall–Kier alpha value is -0.230. The molecule has 0 radical (unpaired) electrons. The summed E-state index contributed by atoms with van der Waals surface area (Å²) in [5.41, 5.74) is 3.74. The number of thiophene rings is 1. The van der Waals surface area contributed by atoms with E-state index in [1.807, 2.05) is 12.4 Å². The SMILES string of the molecule is CCNC(c1cnccc1C)c1cc(Br)sc1Br. The van der Waals surface area contributed by atoms with Gasteiger partial charge >= 0.3 is 0 Å². The third kappa shape index (κ3) is 3.02. The number of nitrogens with zero attached hydrogens (tertiary/aromatic N) is 1. The monoisotopic (exact) mass is 388 g/mol. The van der Waals surface area contributed by atoms with E-state index in [9.17, 15) is 0 Å². The van der Waals surface area contributed by atoms with E-state index in [2.05, 4.69) is 68.1 Å². The fraction of sp³-hybridized carbons (Fsp3) is 0.308. The van der Waals surface area contributed by atoms with Crippen molar-refractivity contribution in [1.82, 2.24) is 10.3 Å². The summed E-state index contributed by atoms with van der Waals surface area (Å²) < 4.78 is 2.29. The summed E-state index contributed by atoms with van der Waals surface area (Å²) in [5.74, 6) is 0. The second-order valence-electron chi connectivity index (χ2n) is 4.00. The van der Waals surface area contributed by atoms with Gasteiger partial charge in [0, 0.05) is 12.4 Å². The molecule has 1 unspecified atom stereocenters. The molecule has 1 atom stereocenters. The maximum atomic E-state index is 4.25. The van der Waals surface area contributed by atoms with Gasteiger partial charge in [0.1, 0.15) is 0 Å². The van der Waals surface area contributed by atoms with Gasteiger partial charge in [-0.25, -0.2) is 0 Å². The quantitative estimate of drug-likeness (QED) is 0.821. The molecule has 0 saturated heterocycles. The molecule has 2 nitrogen and oxygen atoms in total. The molecule has 18 heavy (non-hydrogen) atoms. The Kier molecular flexibility index (Phi) is 4.95. The maximum Gasteiger partial charge on any atom is 0.0761 e. The van der Waals surface area contributed by atoms with Gasteiger partial charge in [-0.2, -0.15) is 0 Å². The Morgan fingerprint density at radius 2 is 2.17 bits per heavy atom. The van der Waals surface area contributed by atoms with Crippen molar-refractivity contribution in [3.63, 3.8) is 0 Å². The summed E-state index contributed by atoms with van der Waals surface area (Å²) in [6.07, 6.45) is 3.78. The molecule has 0 spiro atoms. The average molecular weight is 390 g/mol. The van der Waals surface area contributed by atoms with E-state index < -0.39 is 0 Å². The first-order chi connectivity index (χ1) is 8.63. The Balaban J connectivity index is 2.46. The lowest BCUT2D eigenvalue weighted by Gasteiger charge is -2.19. The normalized spacial score (nSPS) is 12.7. The summed E-state index contributed by atoms with van der Waals surface area (Å²) in [7, 11) is 0. The minimum Gasteiger partial charge on any atom is -0.306 e. The number of nitrogens with one attached hydrogen (secondary N) is 1. The molecule has 0 aliphatic heterocycles. The number of rotatable bonds is 4. The van der Waals surface area contributed by atoms with E-state index in [4.69, 9.17) is 0 Å². The topological polar surface area (TPSA) is 24.9 Å². The van der Waals surface area contributed by atoms with Crippen molar-refractivity contribution in [2.24, 2.45) is 0 Å². The van der Waals surface area contributed by atoms with E-state index in [1.165, 1.54) is 16.7 Å². The van der Waals surface area contributed by atoms with Gasteiger partial charge in [-0.05, 0) is 74.2 Å². The van der Waals surface area contributed by atoms with Crippen LogP contribution in [0, 0.1) is 6.92 Å². The molecule has 2 heterocycles. The molecule has 2 aromatic rings. The van der Waals surface area contributed by atoms with Crippen molar-refractivity contribution in [2.75, 3.05) is 6.54 Å². The van der Waals surface area contributed by atoms with Crippen LogP contribution >= 0.6 is 43.2 Å². The van der Waals surface area contributed by atoms with Gasteiger partial charge in [-0.1, -0.05) is 6.92 Å². The fourth-order valence-electron chi connectivity index (χ4n) is 1.92. The van der Waals surface area contributed by atoms with Crippen LogP contribution in [0.1, 0.15) is 29.7 Å². The van der Waals surface area contributed by atoms with Gasteiger partial charge in [-0.15, -0.1) is 11.3 Å². The largest absolute Gasteiger partial charge is 0.306 e. The maximum absolute atomic E-state index is 4.25. The van der Waals surface area contributed by atoms with Crippen molar-refractivity contribution < 1.29 is 0 Å². The van der Waals surface area contributed by atoms with Gasteiger partial charge in [0.15, 0.2) is 0 Å². The van der Waals surface area contributed by atoms with Crippen LogP contribution in [0.25, 0.3) is 0 Å². The van der Waals surface area contributed by atoms with E-state index in [1.54, 1.807) is 11.3 Å². The van der Waals surface area contributed by atoms with Gasteiger partial charge in [0.2, 0.25) is 0 Å². The molecule has 0 amide bonds. The van der Waals surface area contributed by atoms with Crippen molar-refractivity contribution >= 4 is 43.2 Å². The fourth-order valence-corrected chi connectivity index (χ4v) is 4.82. The van der Waals surface area contributed by atoms with Crippen molar-refractivity contribution in [3.8, 4) is 0 Å². The van der Waals surface area contributed by atoms with Crippen LogP contribution in [0.4, 0.5) is 0 Å². The van der Waals surface area contributed by atoms with Crippen LogP contribution in [-0.2, 0) is 0 Å². The predicted octanol–water partition coefficient (Wildman–Crippen LogP) is 4.68. The zero-order chi connectivity index (χ0) is 13.1. The number of hydrogen-bond acceptors (Lipinski definition) is 3. The molecule has 1 N–H and O–H groups in total. The molecule has 0 fully saturated rings. The first-order valence-electron chi connectivity index (χ1n) is 5.72. The van der Waals surface area contributed by atoms with Crippen LogP contribution in [0.5, 0.6) is 0 Å². The minimum absolute atomic E-state index is 0.181. The molecule has 0 bridgehead atoms. The Bertz CT molecular complexity index is 540. The molecule has 2 aromatic heterocycles. The van der Waals surface area contributed by atoms with E-state index in [0.29, 0.717) is 0 Å². The summed E-state index contributed by atoms with van der Waals surface area (Å²) in [5, 5.41) is 3.53. The van der Waals surface area contributed by atoms with E-state index in [0.717, 1.165) is 14.1 Å². The van der Waals surface area contributed by atoms with Gasteiger partial charge in [0.25, 0.3) is 0 Å². The summed E-state index contributed by atoms with van der Waals surface area (Å²) in [6.45, 7) is 5.16. The Morgan fingerprint density at radius 3 is 2.72 bits per heavy atom. The minimum atomic E-state index is 0.181. The van der Waals surface area contributed by atoms with Gasteiger partial charge in [-0.3, -0.25) is 4.98 Å². The number of hydrogen-bond donors (Lipinski definition) is 1. The molecule has 0 saturated carbocycles. The average Bonchev–Trinajstić information content (AvgIpc) is 2.66. The Morgan fingerprint density at radius 1 is 1.39 bits per heavy atom. The van der Waals surface area contributed by atoms with Crippen molar-refractivity contribution in [2.45, 2.75) is 19.9 Å². The molecule has 2 rings (SSSR count). The van der Waals surface area contributed by atoms with E-state index >= 15 is 0 Å². The lowest BCUT2D eigenvalue weighted by Crippen LogP contribution is -2.22. The second kappa shape index (κ2) is 6.28. The zero-order valence-corrected chi connectivity index (χ0v) is 14.2. The van der Waals surface area contributed by atoms with Crippen molar-refractivity contribution in [3.05, 3.63) is 48.8 Å². The highest BCUT2D eigenvalue weighted by Gasteiger charge is 2.19. The summed E-state index contributed by atoms with van der Waals surface area (Å²) in [4.78, 5) is 4.25. The molecular weight excluding hydrogens is 376 g/mol. The molecule has 0 aromatic carbocycles. The molecule has 0 aliphatic rings. The highest BCUT2D eigenvalue weighted by atomic mass is 79.9. The molecule has 5 heteroatoms. The van der Waals surface area contributed by atoms with Gasteiger partial charge in [0.05, 0.1) is 13.6 Å². The summed E-state index contributed by atoms with van der Waals surface area (Å²) in [6, 6.07) is 4.39. The lowest BCUT2D eigenvalue weighted by molar-refractivity contribution is 0.625. The molecular formula is C13H14Br2N2S. The number of aryl methyl sites for hydroxylation is 1. The van der Waals surface area contributed by atoms with Crippen LogP contribution in [0.2, 0.25) is 0 Å². The van der Waals surface area contributed by atoms with Crippen LogP contribution in [0.3, 0.4) is 0 Å². The predicted molar refractivity (Wildman–Crippen MR) is 84.2 cm³/mol. The van der Waals surface area contributed by atoms with Crippen molar-refractivity contribution in [1.29, 1.82) is 0 Å². The standard InChI is InChI=1S/C13H14Br2N2S/c1-3-17-12(9-6-11(14)18-13(9)15)10-7-16-5-4-8(10)2/h4-7,12,17H,3H2,1-2H3. The Labute approximate surface area is 128 Å². The number of halogens is 2. The van der Waals surface area contributed by atoms with E-state index in [-0.39, 0.29) is 6.04 Å².